The maximum atomic E-state index is 11.9. The second-order valence-electron chi connectivity index (χ2n) is 19.0. The third-order valence-corrected chi connectivity index (χ3v) is 16.0. The van der Waals surface area contributed by atoms with Crippen molar-refractivity contribution in [3.63, 3.8) is 0 Å². The number of hydrogen-bond acceptors (Lipinski definition) is 13. The molecule has 372 valence electrons. The topological polar surface area (TPSA) is 228 Å². The van der Waals surface area contributed by atoms with E-state index in [1.807, 2.05) is 29.4 Å². The molecule has 0 atom stereocenters. The van der Waals surface area contributed by atoms with Crippen molar-refractivity contribution in [1.82, 2.24) is 0 Å². The van der Waals surface area contributed by atoms with Crippen LogP contribution < -0.4 is 128 Å². The summed E-state index contributed by atoms with van der Waals surface area (Å²) in [6.45, 7) is 15.0. The van der Waals surface area contributed by atoms with Gasteiger partial charge in [0.05, 0.1) is 30.5 Å². The van der Waals surface area contributed by atoms with E-state index in [1.165, 1.54) is 28.9 Å². The minimum absolute atomic E-state index is 0. The van der Waals surface area contributed by atoms with Crippen molar-refractivity contribution in [2.75, 3.05) is 47.5 Å². The van der Waals surface area contributed by atoms with Crippen LogP contribution >= 0.6 is 0 Å². The summed E-state index contributed by atoms with van der Waals surface area (Å²) in [5.74, 6) is -1.10. The molecule has 0 spiro atoms. The Morgan fingerprint density at radius 2 is 1.42 bits per heavy atom. The zero-order valence-electron chi connectivity index (χ0n) is 44.0. The molecule has 14 nitrogen and oxygen atoms in total. The Kier molecular flexibility index (Phi) is 28.5. The normalized spacial score (nSPS) is 17.2. The first kappa shape index (κ1) is 69.5. The number of nitrogens with zero attached hydrogens (tertiary/aromatic N) is 3. The van der Waals surface area contributed by atoms with E-state index in [0.717, 1.165) is 109 Å². The Balaban J connectivity index is 0.00000518. The third-order valence-electron chi connectivity index (χ3n) is 13.6. The van der Waals surface area contributed by atoms with Crippen molar-refractivity contribution in [1.29, 1.82) is 0 Å². The van der Waals surface area contributed by atoms with Crippen molar-refractivity contribution < 1.29 is 172 Å². The maximum Gasteiger partial charge on any atom is 1.00 e. The Bertz CT molecular complexity index is 2860. The summed E-state index contributed by atoms with van der Waals surface area (Å²) in [5, 5.41) is 1.58. The molecule has 21 heteroatoms. The van der Waals surface area contributed by atoms with E-state index >= 15 is 0 Å². The standard InChI is InChI=1S/C51H67N3O10S3.4Na.H2O/c1-7-8-30-53-45-25-21-41(52(28-14-33-65(56,57)58)29-15-34-66(59,60)61)36-44(45)50(3,4)47(53)26-19-38-16-13-17-39(37(38)2)20-27-48-51(5,6)49-43-23-22-42(67(62,63)64)35-40(43)18-24-46(49)54(48)31-11-9-10-12-32-55;;;;;/h18-27,35-36H,7-17,28-31,33-34H2,1-6H3,(H,56,57,58)(H,59,60,61)(H,62,63,64);;;;;1H2/q;4*+1;/p-4. The molecule has 72 heavy (non-hydrogen) atoms. The van der Waals surface area contributed by atoms with Gasteiger partial charge in [0.2, 0.25) is 5.69 Å². The summed E-state index contributed by atoms with van der Waals surface area (Å²) in [6, 6.07) is 14.6. The van der Waals surface area contributed by atoms with Crippen LogP contribution in [0.5, 0.6) is 0 Å². The fourth-order valence-corrected chi connectivity index (χ4v) is 11.6. The van der Waals surface area contributed by atoms with Crippen LogP contribution in [-0.4, -0.2) is 98.6 Å². The van der Waals surface area contributed by atoms with E-state index in [1.54, 1.807) is 6.07 Å². The van der Waals surface area contributed by atoms with Crippen molar-refractivity contribution in [2.24, 2.45) is 0 Å². The fourth-order valence-electron chi connectivity index (χ4n) is 10.1. The van der Waals surface area contributed by atoms with Crippen LogP contribution in [0.2, 0.25) is 0 Å². The van der Waals surface area contributed by atoms with E-state index in [0.29, 0.717) is 11.8 Å². The van der Waals surface area contributed by atoms with Crippen molar-refractivity contribution >= 4 is 70.2 Å². The van der Waals surface area contributed by atoms with Gasteiger partial charge in [0.15, 0.2) is 5.71 Å². The van der Waals surface area contributed by atoms with E-state index in [9.17, 15) is 43.7 Å². The predicted molar refractivity (Wildman–Crippen MR) is 265 cm³/mol. The number of anilines is 2. The first-order valence-corrected chi connectivity index (χ1v) is 27.9. The number of fused-ring (bicyclic) bond motifs is 4. The Morgan fingerprint density at radius 3 is 2.01 bits per heavy atom. The number of hydrogen-bond donors (Lipinski definition) is 0. The quantitative estimate of drug-likeness (QED) is 0.0318. The molecule has 1 aliphatic carbocycles. The number of unbranched alkanes of at least 4 members (excludes halogenated alkanes) is 4. The van der Waals surface area contributed by atoms with Crippen LogP contribution in [0.4, 0.5) is 17.1 Å². The molecule has 0 amide bonds. The molecule has 0 saturated heterocycles. The molecule has 0 aromatic heterocycles. The van der Waals surface area contributed by atoms with Gasteiger partial charge in [0, 0.05) is 77.8 Å². The first-order valence-electron chi connectivity index (χ1n) is 23.3. The van der Waals surface area contributed by atoms with E-state index in [2.05, 4.69) is 87.5 Å². The average molecular weight is 1080 g/mol. The Labute approximate surface area is 517 Å². The molecular formula is C51H65N3Na4O11S3. The minimum Gasteiger partial charge on any atom is -0.870 e. The maximum absolute atomic E-state index is 11.9. The molecule has 0 radical (unpaired) electrons. The molecule has 3 aromatic carbocycles. The van der Waals surface area contributed by atoms with Gasteiger partial charge in [-0.05, 0) is 141 Å². The molecule has 0 unspecified atom stereocenters. The minimum atomic E-state index is -4.63. The largest absolute Gasteiger partial charge is 1.00 e. The van der Waals surface area contributed by atoms with E-state index in [4.69, 9.17) is 0 Å². The van der Waals surface area contributed by atoms with Crippen LogP contribution in [0.1, 0.15) is 123 Å². The van der Waals surface area contributed by atoms with Gasteiger partial charge in [-0.15, -0.1) is 0 Å². The molecule has 0 fully saturated rings. The predicted octanol–water partition coefficient (Wildman–Crippen LogP) is -3.23. The molecule has 2 aliphatic heterocycles. The van der Waals surface area contributed by atoms with Crippen LogP contribution in [0.15, 0.2) is 100 Å². The van der Waals surface area contributed by atoms with Gasteiger partial charge >= 0.3 is 118 Å². The molecular weight excluding hydrogens is 1020 g/mol. The fraction of sp³-hybridized carbons (Fsp3) is 0.490. The summed E-state index contributed by atoms with van der Waals surface area (Å²) in [6.07, 6.45) is 18.7. The number of benzene rings is 3. The third kappa shape index (κ3) is 17.3. The van der Waals surface area contributed by atoms with Gasteiger partial charge in [-0.25, -0.2) is 25.3 Å². The Hall–Kier alpha value is -0.490. The molecule has 0 saturated carbocycles. The Morgan fingerprint density at radius 1 is 0.764 bits per heavy atom. The number of rotatable bonds is 22. The summed E-state index contributed by atoms with van der Waals surface area (Å²) in [5.41, 5.74) is 10.0. The van der Waals surface area contributed by atoms with Gasteiger partial charge in [-0.1, -0.05) is 51.8 Å². The summed E-state index contributed by atoms with van der Waals surface area (Å²) in [4.78, 5) is 14.9. The van der Waals surface area contributed by atoms with Crippen molar-refractivity contribution in [3.05, 3.63) is 106 Å². The molecule has 1 N–H and O–H groups in total. The van der Waals surface area contributed by atoms with Gasteiger partial charge in [0.1, 0.15) is 16.7 Å². The monoisotopic (exact) mass is 1080 g/mol. The van der Waals surface area contributed by atoms with Gasteiger partial charge in [-0.3, -0.25) is 6.29 Å². The van der Waals surface area contributed by atoms with E-state index in [-0.39, 0.29) is 155 Å². The molecule has 6 rings (SSSR count). The number of carbonyl (C=O) groups excluding carboxylic acids is 1. The summed E-state index contributed by atoms with van der Waals surface area (Å²) >= 11 is 0. The second kappa shape index (κ2) is 29.5. The van der Waals surface area contributed by atoms with Gasteiger partial charge < -0.3 is 33.7 Å². The van der Waals surface area contributed by atoms with Crippen LogP contribution in [0.3, 0.4) is 0 Å². The van der Waals surface area contributed by atoms with Crippen molar-refractivity contribution in [2.45, 2.75) is 128 Å². The second-order valence-corrected chi connectivity index (χ2v) is 23.5. The van der Waals surface area contributed by atoms with Gasteiger partial charge in [0.25, 0.3) is 0 Å². The average Bonchev–Trinajstić information content (AvgIpc) is 3.60. The zero-order valence-corrected chi connectivity index (χ0v) is 54.5. The van der Waals surface area contributed by atoms with Crippen LogP contribution in [-0.2, 0) is 46.0 Å². The molecule has 2 heterocycles. The molecule has 3 aliphatic rings. The molecule has 0 bridgehead atoms. The number of allylic oxidation sites excluding steroid dienone is 8. The summed E-state index contributed by atoms with van der Waals surface area (Å²) < 4.78 is 107. The first-order chi connectivity index (χ1) is 31.5. The van der Waals surface area contributed by atoms with Crippen molar-refractivity contribution in [3.8, 4) is 0 Å². The van der Waals surface area contributed by atoms with E-state index < -0.39 is 52.7 Å². The van der Waals surface area contributed by atoms with Crippen LogP contribution in [0, 0.1) is 0 Å². The smallest absolute Gasteiger partial charge is 0.870 e. The summed E-state index contributed by atoms with van der Waals surface area (Å²) in [7, 11) is -13.5. The zero-order chi connectivity index (χ0) is 49.0. The van der Waals surface area contributed by atoms with Crippen LogP contribution in [0.25, 0.3) is 10.8 Å². The molecule has 3 aromatic rings. The SMILES string of the molecule is CCCCN1C(=CC=C2CCCC(C=CC3=[N+](CCCCC[C-]=O)c4ccc5cc(S(=O)(=O)[O-])ccc5c4C3(C)C)=C2C)C(C)(C)c2cc(N(CCCS(=O)(=O)[O-])CCCS(=O)(=O)[O-])ccc21.[Na+].[Na+].[Na+].[Na+].[OH-]. The van der Waals surface area contributed by atoms with Gasteiger partial charge in [-0.2, -0.15) is 11.0 Å².